The summed E-state index contributed by atoms with van der Waals surface area (Å²) >= 11 is 10.8. The van der Waals surface area contributed by atoms with Gasteiger partial charge in [0.1, 0.15) is 5.75 Å². The van der Waals surface area contributed by atoms with E-state index in [0.717, 1.165) is 14.7 Å². The van der Waals surface area contributed by atoms with Gasteiger partial charge in [-0.3, -0.25) is 0 Å². The third-order valence-electron chi connectivity index (χ3n) is 2.96. The smallest absolute Gasteiger partial charge is 0.133 e. The second kappa shape index (κ2) is 6.42. The SMILES string of the molecule is COc1ccc(C(Br)c2ccc(C)c(Br)c2)cc1Br. The quantitative estimate of drug-likeness (QED) is 0.522. The number of ether oxygens (including phenoxy) is 1. The molecular weight excluding hydrogens is 436 g/mol. The van der Waals surface area contributed by atoms with Crippen LogP contribution in [0, 0.1) is 6.92 Å². The van der Waals surface area contributed by atoms with E-state index in [9.17, 15) is 0 Å². The number of hydrogen-bond acceptors (Lipinski definition) is 1. The van der Waals surface area contributed by atoms with Crippen molar-refractivity contribution in [3.8, 4) is 5.75 Å². The molecule has 0 aromatic heterocycles. The van der Waals surface area contributed by atoms with Crippen molar-refractivity contribution in [3.05, 3.63) is 62.0 Å². The summed E-state index contributed by atoms with van der Waals surface area (Å²) < 4.78 is 7.34. The molecule has 19 heavy (non-hydrogen) atoms. The van der Waals surface area contributed by atoms with Gasteiger partial charge < -0.3 is 4.74 Å². The maximum absolute atomic E-state index is 5.25. The van der Waals surface area contributed by atoms with Gasteiger partial charge in [0.05, 0.1) is 16.4 Å². The number of halogens is 3. The van der Waals surface area contributed by atoms with E-state index < -0.39 is 0 Å². The van der Waals surface area contributed by atoms with Crippen LogP contribution >= 0.6 is 47.8 Å². The Morgan fingerprint density at radius 3 is 2.05 bits per heavy atom. The van der Waals surface area contributed by atoms with Crippen LogP contribution in [0.5, 0.6) is 5.75 Å². The van der Waals surface area contributed by atoms with Gasteiger partial charge in [0.15, 0.2) is 0 Å². The Balaban J connectivity index is 2.35. The molecule has 2 aromatic carbocycles. The fourth-order valence-corrected chi connectivity index (χ4v) is 3.32. The summed E-state index contributed by atoms with van der Waals surface area (Å²) in [6, 6.07) is 12.5. The fourth-order valence-electron chi connectivity index (χ4n) is 1.80. The molecule has 1 nitrogen and oxygen atoms in total. The van der Waals surface area contributed by atoms with Crippen molar-refractivity contribution in [1.29, 1.82) is 0 Å². The third-order valence-corrected chi connectivity index (χ3v) is 5.49. The standard InChI is InChI=1S/C15H13Br3O/c1-9-3-4-10(7-12(9)16)15(18)11-5-6-14(19-2)13(17)8-11/h3-8,15H,1-2H3. The average molecular weight is 449 g/mol. The Kier molecular flexibility index (Phi) is 5.09. The van der Waals surface area contributed by atoms with Gasteiger partial charge in [0.2, 0.25) is 0 Å². The first-order chi connectivity index (χ1) is 9.02. The van der Waals surface area contributed by atoms with Gasteiger partial charge in [-0.2, -0.15) is 0 Å². The lowest BCUT2D eigenvalue weighted by molar-refractivity contribution is 0.412. The molecule has 0 saturated carbocycles. The predicted octanol–water partition coefficient (Wildman–Crippen LogP) is 6.01. The van der Waals surface area contributed by atoms with Crippen LogP contribution in [0.2, 0.25) is 0 Å². The molecule has 0 aliphatic carbocycles. The molecule has 0 N–H and O–H groups in total. The zero-order chi connectivity index (χ0) is 14.0. The maximum atomic E-state index is 5.25. The summed E-state index contributed by atoms with van der Waals surface area (Å²) in [6.07, 6.45) is 0. The van der Waals surface area contributed by atoms with Gasteiger partial charge in [-0.1, -0.05) is 50.1 Å². The van der Waals surface area contributed by atoms with Crippen LogP contribution in [-0.4, -0.2) is 7.11 Å². The number of hydrogen-bond donors (Lipinski definition) is 0. The van der Waals surface area contributed by atoms with Crippen molar-refractivity contribution < 1.29 is 4.74 Å². The minimum absolute atomic E-state index is 0.159. The molecule has 0 aliphatic heterocycles. The topological polar surface area (TPSA) is 9.23 Å². The molecular formula is C15H13Br3O. The van der Waals surface area contributed by atoms with Crippen molar-refractivity contribution in [3.63, 3.8) is 0 Å². The molecule has 1 atom stereocenters. The lowest BCUT2D eigenvalue weighted by atomic mass is 10.0. The molecule has 0 fully saturated rings. The van der Waals surface area contributed by atoms with Gasteiger partial charge in [-0.25, -0.2) is 0 Å². The van der Waals surface area contributed by atoms with E-state index in [0.29, 0.717) is 0 Å². The molecule has 2 rings (SSSR count). The van der Waals surface area contributed by atoms with Crippen molar-refractivity contribution >= 4 is 47.8 Å². The highest BCUT2D eigenvalue weighted by atomic mass is 79.9. The molecule has 2 aromatic rings. The zero-order valence-electron chi connectivity index (χ0n) is 10.6. The number of alkyl halides is 1. The van der Waals surface area contributed by atoms with Crippen molar-refractivity contribution in [1.82, 2.24) is 0 Å². The van der Waals surface area contributed by atoms with Gasteiger partial charge in [0.25, 0.3) is 0 Å². The van der Waals surface area contributed by atoms with E-state index in [1.807, 2.05) is 6.07 Å². The van der Waals surface area contributed by atoms with Crippen LogP contribution < -0.4 is 4.74 Å². The fraction of sp³-hybridized carbons (Fsp3) is 0.200. The van der Waals surface area contributed by atoms with Gasteiger partial charge in [-0.15, -0.1) is 0 Å². The summed E-state index contributed by atoms with van der Waals surface area (Å²) in [4.78, 5) is 0.159. The van der Waals surface area contributed by atoms with Crippen LogP contribution in [0.15, 0.2) is 45.3 Å². The number of aryl methyl sites for hydroxylation is 1. The first-order valence-corrected chi connectivity index (χ1v) is 8.26. The van der Waals surface area contributed by atoms with E-state index in [2.05, 4.69) is 85.0 Å². The number of benzene rings is 2. The maximum Gasteiger partial charge on any atom is 0.133 e. The molecule has 0 radical (unpaired) electrons. The molecule has 1 unspecified atom stereocenters. The molecule has 4 heteroatoms. The highest BCUT2D eigenvalue weighted by Crippen LogP contribution is 2.36. The van der Waals surface area contributed by atoms with E-state index in [-0.39, 0.29) is 4.83 Å². The Labute approximate surface area is 138 Å². The third kappa shape index (κ3) is 3.41. The highest BCUT2D eigenvalue weighted by molar-refractivity contribution is 9.11. The summed E-state index contributed by atoms with van der Waals surface area (Å²) in [7, 11) is 1.67. The Hall–Kier alpha value is -0.320. The van der Waals surface area contributed by atoms with Crippen LogP contribution in [0.25, 0.3) is 0 Å². The van der Waals surface area contributed by atoms with E-state index in [1.165, 1.54) is 16.7 Å². The first-order valence-electron chi connectivity index (χ1n) is 5.76. The van der Waals surface area contributed by atoms with Crippen molar-refractivity contribution in [2.75, 3.05) is 7.11 Å². The Morgan fingerprint density at radius 1 is 0.947 bits per heavy atom. The summed E-state index contributed by atoms with van der Waals surface area (Å²) in [5.41, 5.74) is 3.64. The summed E-state index contributed by atoms with van der Waals surface area (Å²) in [6.45, 7) is 2.08. The molecule has 0 amide bonds. The van der Waals surface area contributed by atoms with Crippen LogP contribution in [-0.2, 0) is 0 Å². The minimum atomic E-state index is 0.159. The monoisotopic (exact) mass is 446 g/mol. The molecule has 100 valence electrons. The lowest BCUT2D eigenvalue weighted by Crippen LogP contribution is -1.94. The number of rotatable bonds is 3. The second-order valence-corrected chi connectivity index (χ2v) is 6.89. The predicted molar refractivity (Wildman–Crippen MR) is 90.3 cm³/mol. The summed E-state index contributed by atoms with van der Waals surface area (Å²) in [5, 5.41) is 0. The molecule has 0 aliphatic rings. The van der Waals surface area contributed by atoms with Crippen LogP contribution in [0.3, 0.4) is 0 Å². The summed E-state index contributed by atoms with van der Waals surface area (Å²) in [5.74, 6) is 0.841. The second-order valence-electron chi connectivity index (χ2n) is 4.27. The van der Waals surface area contributed by atoms with Gasteiger partial charge >= 0.3 is 0 Å². The Bertz CT molecular complexity index is 596. The molecule has 0 bridgehead atoms. The highest BCUT2D eigenvalue weighted by Gasteiger charge is 2.13. The average Bonchev–Trinajstić information content (AvgIpc) is 2.41. The number of methoxy groups -OCH3 is 1. The van der Waals surface area contributed by atoms with E-state index in [4.69, 9.17) is 4.74 Å². The molecule has 0 saturated heterocycles. The van der Waals surface area contributed by atoms with Crippen molar-refractivity contribution in [2.24, 2.45) is 0 Å². The molecule has 0 spiro atoms. The largest absolute Gasteiger partial charge is 0.496 e. The normalized spacial score (nSPS) is 12.3. The lowest BCUT2D eigenvalue weighted by Gasteiger charge is -2.13. The van der Waals surface area contributed by atoms with Gasteiger partial charge in [0, 0.05) is 4.47 Å². The minimum Gasteiger partial charge on any atom is -0.496 e. The molecule has 0 heterocycles. The zero-order valence-corrected chi connectivity index (χ0v) is 15.3. The van der Waals surface area contributed by atoms with E-state index in [1.54, 1.807) is 7.11 Å². The first kappa shape index (κ1) is 15.1. The van der Waals surface area contributed by atoms with Crippen molar-refractivity contribution in [2.45, 2.75) is 11.8 Å². The van der Waals surface area contributed by atoms with E-state index >= 15 is 0 Å². The Morgan fingerprint density at radius 2 is 1.53 bits per heavy atom. The van der Waals surface area contributed by atoms with Crippen LogP contribution in [0.4, 0.5) is 0 Å². The van der Waals surface area contributed by atoms with Gasteiger partial charge in [-0.05, 0) is 57.7 Å². The van der Waals surface area contributed by atoms with Crippen LogP contribution in [0.1, 0.15) is 21.5 Å².